The van der Waals surface area contributed by atoms with Crippen molar-refractivity contribution in [1.29, 1.82) is 0 Å². The van der Waals surface area contributed by atoms with Gasteiger partial charge in [0, 0.05) is 0 Å². The van der Waals surface area contributed by atoms with Crippen LogP contribution in [0, 0.1) is 5.41 Å². The Morgan fingerprint density at radius 3 is 1.87 bits per heavy atom. The predicted octanol–water partition coefficient (Wildman–Crippen LogP) is 1.24. The third-order valence-corrected chi connectivity index (χ3v) is 3.64. The third kappa shape index (κ3) is 3.79. The highest BCUT2D eigenvalue weighted by Crippen LogP contribution is 2.22. The molecule has 0 saturated carbocycles. The van der Waals surface area contributed by atoms with Crippen LogP contribution in [0.4, 0.5) is 0 Å². The molecule has 0 aliphatic carbocycles. The van der Waals surface area contributed by atoms with E-state index in [0.717, 1.165) is 13.8 Å². The lowest BCUT2D eigenvalue weighted by molar-refractivity contribution is -0.139. The first-order valence-corrected chi connectivity index (χ1v) is 5.93. The molecule has 0 fully saturated rings. The van der Waals surface area contributed by atoms with Crippen molar-refractivity contribution in [3.8, 4) is 0 Å². The van der Waals surface area contributed by atoms with Crippen LogP contribution in [-0.4, -0.2) is 30.8 Å². The molecule has 0 heterocycles. The van der Waals surface area contributed by atoms with E-state index in [1.54, 1.807) is 20.8 Å². The van der Waals surface area contributed by atoms with Gasteiger partial charge in [-0.3, -0.25) is 8.98 Å². The first kappa shape index (κ1) is 14.4. The van der Waals surface area contributed by atoms with E-state index in [1.807, 2.05) is 0 Å². The molecule has 0 aliphatic rings. The van der Waals surface area contributed by atoms with Gasteiger partial charge < -0.3 is 5.11 Å². The Morgan fingerprint density at radius 2 is 1.60 bits per heavy atom. The molecule has 0 amide bonds. The van der Waals surface area contributed by atoms with Crippen molar-refractivity contribution in [2.45, 2.75) is 39.4 Å². The topological polar surface area (TPSA) is 80.7 Å². The molecular formula is C9H18O5S. The Kier molecular flexibility index (Phi) is 3.93. The monoisotopic (exact) mass is 238 g/mol. The van der Waals surface area contributed by atoms with Crippen LogP contribution >= 0.6 is 0 Å². The van der Waals surface area contributed by atoms with Crippen LogP contribution in [0.15, 0.2) is 0 Å². The second-order valence-corrected chi connectivity index (χ2v) is 7.26. The molecule has 0 aromatic carbocycles. The van der Waals surface area contributed by atoms with Gasteiger partial charge in [-0.15, -0.1) is 0 Å². The minimum atomic E-state index is -4.09. The number of rotatable bonds is 4. The Hall–Kier alpha value is -0.620. The summed E-state index contributed by atoms with van der Waals surface area (Å²) in [5.74, 6) is -1.42. The first-order chi connectivity index (χ1) is 6.40. The molecule has 6 heteroatoms. The van der Waals surface area contributed by atoms with Gasteiger partial charge >= 0.3 is 5.97 Å². The Bertz CT molecular complexity index is 334. The maximum Gasteiger partial charge on any atom is 0.326 e. The van der Waals surface area contributed by atoms with Crippen LogP contribution in [0.5, 0.6) is 0 Å². The van der Waals surface area contributed by atoms with Gasteiger partial charge in [-0.25, -0.2) is 0 Å². The maximum absolute atomic E-state index is 11.5. The summed E-state index contributed by atoms with van der Waals surface area (Å²) >= 11 is 0. The summed E-state index contributed by atoms with van der Waals surface area (Å²) in [6, 6.07) is 0. The van der Waals surface area contributed by atoms with E-state index in [9.17, 15) is 13.2 Å². The average molecular weight is 238 g/mol. The van der Waals surface area contributed by atoms with Crippen LogP contribution in [0.2, 0.25) is 0 Å². The Labute approximate surface area is 90.6 Å². The zero-order valence-corrected chi connectivity index (χ0v) is 10.5. The highest BCUT2D eigenvalue weighted by atomic mass is 32.2. The lowest BCUT2D eigenvalue weighted by Crippen LogP contribution is -2.42. The van der Waals surface area contributed by atoms with Gasteiger partial charge in [0.25, 0.3) is 10.1 Å². The quantitative estimate of drug-likeness (QED) is 0.745. The van der Waals surface area contributed by atoms with E-state index in [1.165, 1.54) is 0 Å². The van der Waals surface area contributed by atoms with Crippen LogP contribution in [-0.2, 0) is 19.1 Å². The fourth-order valence-electron chi connectivity index (χ4n) is 0.509. The van der Waals surface area contributed by atoms with Crippen molar-refractivity contribution in [3.63, 3.8) is 0 Å². The van der Waals surface area contributed by atoms with Crippen molar-refractivity contribution in [1.82, 2.24) is 0 Å². The van der Waals surface area contributed by atoms with Gasteiger partial charge in [0.05, 0.1) is 6.61 Å². The van der Waals surface area contributed by atoms with E-state index in [2.05, 4.69) is 0 Å². The molecule has 0 saturated heterocycles. The molecule has 0 unspecified atom stereocenters. The van der Waals surface area contributed by atoms with Crippen molar-refractivity contribution in [2.75, 3.05) is 6.61 Å². The minimum absolute atomic E-state index is 0.0357. The smallest absolute Gasteiger partial charge is 0.326 e. The van der Waals surface area contributed by atoms with Crippen molar-refractivity contribution < 1.29 is 22.5 Å². The molecule has 0 aromatic heterocycles. The summed E-state index contributed by atoms with van der Waals surface area (Å²) < 4.78 is 25.9. The zero-order chi connectivity index (χ0) is 12.5. The minimum Gasteiger partial charge on any atom is -0.480 e. The van der Waals surface area contributed by atoms with E-state index in [4.69, 9.17) is 9.29 Å². The molecule has 0 spiro atoms. The van der Waals surface area contributed by atoms with E-state index in [-0.39, 0.29) is 12.0 Å². The summed E-state index contributed by atoms with van der Waals surface area (Å²) in [5, 5.41) is 8.75. The predicted molar refractivity (Wildman–Crippen MR) is 56.0 cm³/mol. The lowest BCUT2D eigenvalue weighted by atomic mass is 9.99. The van der Waals surface area contributed by atoms with E-state index in [0.29, 0.717) is 0 Å². The molecule has 0 aliphatic heterocycles. The maximum atomic E-state index is 11.5. The summed E-state index contributed by atoms with van der Waals surface area (Å²) in [7, 11) is -4.09. The largest absolute Gasteiger partial charge is 0.480 e. The van der Waals surface area contributed by atoms with Gasteiger partial charge in [0.1, 0.15) is 0 Å². The summed E-state index contributed by atoms with van der Waals surface area (Å²) in [6.07, 6.45) is 0. The van der Waals surface area contributed by atoms with Crippen LogP contribution < -0.4 is 0 Å². The van der Waals surface area contributed by atoms with Crippen LogP contribution in [0.25, 0.3) is 0 Å². The average Bonchev–Trinajstić information content (AvgIpc) is 1.99. The van der Waals surface area contributed by atoms with Gasteiger partial charge in [0.15, 0.2) is 4.75 Å². The third-order valence-electron chi connectivity index (χ3n) is 1.79. The van der Waals surface area contributed by atoms with Crippen molar-refractivity contribution in [3.05, 3.63) is 0 Å². The summed E-state index contributed by atoms with van der Waals surface area (Å²) in [4.78, 5) is 10.7. The fraction of sp³-hybridized carbons (Fsp3) is 0.889. The first-order valence-electron chi connectivity index (χ1n) is 4.52. The molecule has 0 rings (SSSR count). The molecule has 1 N–H and O–H groups in total. The number of carboxylic acid groups (broad SMARTS) is 1. The number of hydrogen-bond acceptors (Lipinski definition) is 4. The van der Waals surface area contributed by atoms with E-state index >= 15 is 0 Å². The standard InChI is InChI=1S/C9H18O5S/c1-8(2,3)6-14-15(12,13)9(4,5)7(10)11/h6H2,1-5H3,(H,10,11). The molecule has 0 atom stereocenters. The summed E-state index contributed by atoms with van der Waals surface area (Å²) in [6.45, 7) is 7.58. The highest BCUT2D eigenvalue weighted by molar-refractivity contribution is 7.89. The molecule has 15 heavy (non-hydrogen) atoms. The van der Waals surface area contributed by atoms with Crippen molar-refractivity contribution >= 4 is 16.1 Å². The normalized spacial score (nSPS) is 13.9. The number of aliphatic carboxylic acids is 1. The van der Waals surface area contributed by atoms with Gasteiger partial charge in [0.2, 0.25) is 0 Å². The van der Waals surface area contributed by atoms with Crippen molar-refractivity contribution in [2.24, 2.45) is 5.41 Å². The molecule has 5 nitrogen and oxygen atoms in total. The summed E-state index contributed by atoms with van der Waals surface area (Å²) in [5.41, 5.74) is -0.332. The molecule has 0 aromatic rings. The van der Waals surface area contributed by atoms with E-state index < -0.39 is 20.8 Å². The van der Waals surface area contributed by atoms with Crippen LogP contribution in [0.3, 0.4) is 0 Å². The fourth-order valence-corrected chi connectivity index (χ4v) is 1.53. The molecule has 0 radical (unpaired) electrons. The Balaban J connectivity index is 4.80. The van der Waals surface area contributed by atoms with Gasteiger partial charge in [-0.05, 0) is 19.3 Å². The Morgan fingerprint density at radius 1 is 1.20 bits per heavy atom. The second-order valence-electron chi connectivity index (χ2n) is 5.09. The number of carbonyl (C=O) groups is 1. The lowest BCUT2D eigenvalue weighted by Gasteiger charge is -2.23. The SMILES string of the molecule is CC(C)(C)COS(=O)(=O)C(C)(C)C(=O)O. The van der Waals surface area contributed by atoms with Crippen LogP contribution in [0.1, 0.15) is 34.6 Å². The van der Waals surface area contributed by atoms with Gasteiger partial charge in [-0.2, -0.15) is 8.42 Å². The number of hydrogen-bond donors (Lipinski definition) is 1. The zero-order valence-electron chi connectivity index (χ0n) is 9.70. The molecule has 0 bridgehead atoms. The molecular weight excluding hydrogens is 220 g/mol. The molecule has 90 valence electrons. The second kappa shape index (κ2) is 4.09. The number of carboxylic acids is 1. The highest BCUT2D eigenvalue weighted by Gasteiger charge is 2.43. The van der Waals surface area contributed by atoms with Gasteiger partial charge in [-0.1, -0.05) is 20.8 Å².